The molecule has 0 N–H and O–H groups in total. The van der Waals surface area contributed by atoms with Crippen LogP contribution in [0.2, 0.25) is 0 Å². The van der Waals surface area contributed by atoms with Gasteiger partial charge in [0.2, 0.25) is 0 Å². The Morgan fingerprint density at radius 3 is 2.23 bits per heavy atom. The van der Waals surface area contributed by atoms with Gasteiger partial charge in [-0.25, -0.2) is 4.79 Å². The molecular weight excluding hydrogens is 166 g/mol. The third kappa shape index (κ3) is 1.30. The van der Waals surface area contributed by atoms with E-state index in [4.69, 9.17) is 4.84 Å². The Morgan fingerprint density at radius 2 is 1.85 bits per heavy atom. The maximum absolute atomic E-state index is 11.5. The molecular formula is C10H18NO2+. The van der Waals surface area contributed by atoms with Crippen LogP contribution in [0.5, 0.6) is 0 Å². The van der Waals surface area contributed by atoms with Crippen LogP contribution in [-0.2, 0) is 9.63 Å². The second-order valence-electron chi connectivity index (χ2n) is 4.41. The van der Waals surface area contributed by atoms with Crippen molar-refractivity contribution in [1.82, 2.24) is 0 Å². The van der Waals surface area contributed by atoms with Crippen molar-refractivity contribution in [2.24, 2.45) is 11.8 Å². The van der Waals surface area contributed by atoms with Crippen molar-refractivity contribution in [2.75, 3.05) is 20.2 Å². The molecule has 1 aliphatic carbocycles. The molecule has 0 spiro atoms. The number of carbonyl (C=O) groups is 1. The van der Waals surface area contributed by atoms with Crippen LogP contribution in [0, 0.1) is 11.8 Å². The van der Waals surface area contributed by atoms with Gasteiger partial charge in [-0.15, -0.1) is 4.65 Å². The predicted octanol–water partition coefficient (Wildman–Crippen LogP) is 1.34. The minimum atomic E-state index is 0.164. The first kappa shape index (κ1) is 9.16. The highest BCUT2D eigenvalue weighted by Crippen LogP contribution is 2.41. The lowest BCUT2D eigenvalue weighted by Gasteiger charge is -2.26. The van der Waals surface area contributed by atoms with E-state index in [1.807, 2.05) is 0 Å². The van der Waals surface area contributed by atoms with Gasteiger partial charge in [0.05, 0.1) is 14.0 Å². The second-order valence-corrected chi connectivity index (χ2v) is 4.41. The normalized spacial score (nSPS) is 43.5. The first-order valence-electron chi connectivity index (χ1n) is 5.12. The zero-order valence-electron chi connectivity index (χ0n) is 8.45. The molecule has 2 fully saturated rings. The van der Waals surface area contributed by atoms with Gasteiger partial charge in [-0.1, -0.05) is 6.42 Å². The molecule has 1 amide bonds. The van der Waals surface area contributed by atoms with E-state index >= 15 is 0 Å². The van der Waals surface area contributed by atoms with Gasteiger partial charge < -0.3 is 0 Å². The summed E-state index contributed by atoms with van der Waals surface area (Å²) in [6.07, 6.45) is 3.93. The summed E-state index contributed by atoms with van der Waals surface area (Å²) in [7, 11) is 1.66. The monoisotopic (exact) mass is 184 g/mol. The van der Waals surface area contributed by atoms with Gasteiger partial charge in [-0.05, 0) is 12.8 Å². The molecule has 0 bridgehead atoms. The van der Waals surface area contributed by atoms with E-state index in [1.54, 1.807) is 14.0 Å². The third-order valence-electron chi connectivity index (χ3n) is 3.80. The minimum Gasteiger partial charge on any atom is -0.228 e. The number of carbonyl (C=O) groups excluding carboxylic acids is 1. The van der Waals surface area contributed by atoms with Crippen molar-refractivity contribution < 1.29 is 14.3 Å². The molecule has 1 saturated carbocycles. The number of rotatable bonds is 1. The summed E-state index contributed by atoms with van der Waals surface area (Å²) in [5, 5.41) is 0. The predicted molar refractivity (Wildman–Crippen MR) is 48.5 cm³/mol. The lowest BCUT2D eigenvalue weighted by Crippen LogP contribution is -2.49. The summed E-state index contributed by atoms with van der Waals surface area (Å²) in [6, 6.07) is 0. The number of hydrogen-bond donors (Lipinski definition) is 0. The number of amides is 1. The Labute approximate surface area is 79.2 Å². The molecule has 1 aliphatic heterocycles. The molecule has 3 atom stereocenters. The first-order valence-corrected chi connectivity index (χ1v) is 5.12. The fourth-order valence-corrected chi connectivity index (χ4v) is 2.96. The molecule has 0 aromatic carbocycles. The van der Waals surface area contributed by atoms with Gasteiger partial charge in [-0.3, -0.25) is 0 Å². The largest absolute Gasteiger partial charge is 0.342 e. The van der Waals surface area contributed by atoms with Crippen LogP contribution >= 0.6 is 0 Å². The maximum Gasteiger partial charge on any atom is 0.342 e. The molecule has 0 aromatic rings. The van der Waals surface area contributed by atoms with Crippen LogP contribution in [0.1, 0.15) is 26.2 Å². The van der Waals surface area contributed by atoms with Gasteiger partial charge in [0.1, 0.15) is 13.1 Å². The fraction of sp³-hybridized carbons (Fsp3) is 0.900. The van der Waals surface area contributed by atoms with E-state index in [2.05, 4.69) is 0 Å². The van der Waals surface area contributed by atoms with Gasteiger partial charge in [0, 0.05) is 11.8 Å². The van der Waals surface area contributed by atoms with Crippen molar-refractivity contribution in [2.45, 2.75) is 26.2 Å². The van der Waals surface area contributed by atoms with Crippen LogP contribution in [0.15, 0.2) is 0 Å². The molecule has 2 aliphatic rings. The lowest BCUT2D eigenvalue weighted by atomic mass is 10.0. The molecule has 0 aromatic heterocycles. The van der Waals surface area contributed by atoms with Crippen molar-refractivity contribution >= 4 is 5.91 Å². The van der Waals surface area contributed by atoms with Gasteiger partial charge in [0.15, 0.2) is 0 Å². The molecule has 13 heavy (non-hydrogen) atoms. The van der Waals surface area contributed by atoms with Crippen molar-refractivity contribution in [3.8, 4) is 0 Å². The Hall–Kier alpha value is -0.410. The van der Waals surface area contributed by atoms with Gasteiger partial charge >= 0.3 is 5.91 Å². The fourth-order valence-electron chi connectivity index (χ4n) is 2.96. The number of quaternary nitrogens is 1. The molecule has 3 heteroatoms. The van der Waals surface area contributed by atoms with Crippen molar-refractivity contribution in [1.29, 1.82) is 0 Å². The Bertz CT molecular complexity index is 215. The number of nitrogens with zero attached hydrogens (tertiary/aromatic N) is 1. The maximum atomic E-state index is 11.5. The third-order valence-corrected chi connectivity index (χ3v) is 3.80. The molecule has 1 saturated heterocycles. The van der Waals surface area contributed by atoms with Crippen LogP contribution in [0.4, 0.5) is 0 Å². The van der Waals surface area contributed by atoms with Crippen LogP contribution in [0.3, 0.4) is 0 Å². The smallest absolute Gasteiger partial charge is 0.228 e. The molecule has 3 nitrogen and oxygen atoms in total. The molecule has 1 unspecified atom stereocenters. The van der Waals surface area contributed by atoms with E-state index in [-0.39, 0.29) is 10.6 Å². The minimum absolute atomic E-state index is 0.164. The van der Waals surface area contributed by atoms with Crippen molar-refractivity contribution in [3.05, 3.63) is 0 Å². The van der Waals surface area contributed by atoms with E-state index in [0.717, 1.165) is 24.9 Å². The molecule has 0 radical (unpaired) electrons. The lowest BCUT2D eigenvalue weighted by molar-refractivity contribution is -1.03. The Kier molecular flexibility index (Phi) is 2.16. The molecule has 1 heterocycles. The van der Waals surface area contributed by atoms with E-state index in [0.29, 0.717) is 0 Å². The molecule has 2 rings (SSSR count). The van der Waals surface area contributed by atoms with Gasteiger partial charge in [0.25, 0.3) is 0 Å². The second kappa shape index (κ2) is 3.07. The standard InChI is InChI=1S/C10H18NO2/c1-8(12)11(13-2)6-9-4-3-5-10(9)7-11/h9-10H,3-7H2,1-2H3/q+1/t9-,10+,11?. The zero-order chi connectivity index (χ0) is 9.47. The summed E-state index contributed by atoms with van der Waals surface area (Å²) < 4.78 is 0.273. The summed E-state index contributed by atoms with van der Waals surface area (Å²) in [6.45, 7) is 3.47. The van der Waals surface area contributed by atoms with E-state index in [9.17, 15) is 4.79 Å². The SMILES string of the molecule is CO[N+]1(C(C)=O)C[C@H]2CCC[C@H]2C1. The van der Waals surface area contributed by atoms with Gasteiger partial charge in [-0.2, -0.15) is 4.84 Å². The molecule has 74 valence electrons. The Balaban J connectivity index is 2.14. The first-order chi connectivity index (χ1) is 6.18. The van der Waals surface area contributed by atoms with Crippen LogP contribution in [0.25, 0.3) is 0 Å². The number of hydrogen-bond acceptors (Lipinski definition) is 2. The summed E-state index contributed by atoms with van der Waals surface area (Å²) in [5.74, 6) is 1.64. The highest BCUT2D eigenvalue weighted by Gasteiger charge is 2.51. The average molecular weight is 184 g/mol. The number of likely N-dealkylation sites (tertiary alicyclic amines) is 1. The summed E-state index contributed by atoms with van der Waals surface area (Å²) in [4.78, 5) is 16.9. The van der Waals surface area contributed by atoms with E-state index in [1.165, 1.54) is 19.3 Å². The zero-order valence-corrected chi connectivity index (χ0v) is 8.45. The highest BCUT2D eigenvalue weighted by molar-refractivity contribution is 5.65. The number of hydroxylamine groups is 3. The quantitative estimate of drug-likeness (QED) is 0.575. The topological polar surface area (TPSA) is 26.3 Å². The van der Waals surface area contributed by atoms with Crippen LogP contribution < -0.4 is 0 Å². The average Bonchev–Trinajstić information content (AvgIpc) is 2.59. The summed E-state index contributed by atoms with van der Waals surface area (Å²) in [5.41, 5.74) is 0. The summed E-state index contributed by atoms with van der Waals surface area (Å²) >= 11 is 0. The van der Waals surface area contributed by atoms with Crippen molar-refractivity contribution in [3.63, 3.8) is 0 Å². The number of fused-ring (bicyclic) bond motifs is 1. The highest BCUT2D eigenvalue weighted by atomic mass is 16.7. The Morgan fingerprint density at radius 1 is 1.31 bits per heavy atom. The van der Waals surface area contributed by atoms with E-state index < -0.39 is 0 Å². The van der Waals surface area contributed by atoms with Crippen LogP contribution in [-0.4, -0.2) is 30.8 Å².